The van der Waals surface area contributed by atoms with Crippen LogP contribution in [0.5, 0.6) is 0 Å². The highest BCUT2D eigenvalue weighted by atomic mass is 19.4. The van der Waals surface area contributed by atoms with E-state index in [4.69, 9.17) is 0 Å². The predicted octanol–water partition coefficient (Wildman–Crippen LogP) is 7.10. The van der Waals surface area contributed by atoms with Gasteiger partial charge in [-0.05, 0) is 63.1 Å². The normalized spacial score (nSPS) is 27.6. The molecule has 5 rings (SSSR count). The third-order valence-corrected chi connectivity index (χ3v) is 11.0. The number of benzene rings is 1. The minimum absolute atomic E-state index is 0.245. The molecule has 6 nitrogen and oxygen atoms in total. The highest BCUT2D eigenvalue weighted by molar-refractivity contribution is 5.81. The zero-order valence-electron chi connectivity index (χ0n) is 26.7. The van der Waals surface area contributed by atoms with Crippen LogP contribution in [0.3, 0.4) is 0 Å². The first-order valence-corrected chi connectivity index (χ1v) is 17.1. The number of fused-ring (bicyclic) bond motifs is 1. The van der Waals surface area contributed by atoms with E-state index in [0.717, 1.165) is 37.5 Å². The first kappa shape index (κ1) is 32.4. The van der Waals surface area contributed by atoms with Crippen LogP contribution >= 0.6 is 0 Å². The van der Waals surface area contributed by atoms with Gasteiger partial charge in [0.15, 0.2) is 0 Å². The smallest absolute Gasteiger partial charge is 0.361 e. The molecule has 2 heterocycles. The molecule has 1 aromatic rings. The molecule has 9 heteroatoms. The third-order valence-electron chi connectivity index (χ3n) is 11.0. The van der Waals surface area contributed by atoms with Gasteiger partial charge in [-0.25, -0.2) is 0 Å². The molecule has 2 aliphatic heterocycles. The predicted molar refractivity (Wildman–Crippen MR) is 168 cm³/mol. The maximum absolute atomic E-state index is 13.7. The van der Waals surface area contributed by atoms with Crippen LogP contribution in [0.1, 0.15) is 97.0 Å². The Balaban J connectivity index is 1.30. The summed E-state index contributed by atoms with van der Waals surface area (Å²) in [6, 6.07) is 7.01. The van der Waals surface area contributed by atoms with Gasteiger partial charge in [-0.2, -0.15) is 13.2 Å². The van der Waals surface area contributed by atoms with Gasteiger partial charge in [0.2, 0.25) is 5.91 Å². The monoisotopic (exact) mass is 605 g/mol. The van der Waals surface area contributed by atoms with Crippen molar-refractivity contribution in [3.63, 3.8) is 0 Å². The van der Waals surface area contributed by atoms with E-state index >= 15 is 0 Å². The number of amides is 1. The number of halogens is 3. The highest BCUT2D eigenvalue weighted by Gasteiger charge is 2.46. The minimum Gasteiger partial charge on any atom is -0.361 e. The molecule has 3 fully saturated rings. The zero-order chi connectivity index (χ0) is 30.6. The van der Waals surface area contributed by atoms with E-state index in [0.29, 0.717) is 51.1 Å². The van der Waals surface area contributed by atoms with Crippen LogP contribution in [0, 0.1) is 11.8 Å². The highest BCUT2D eigenvalue weighted by Crippen LogP contribution is 2.48. The lowest BCUT2D eigenvalue weighted by atomic mass is 9.75. The molecule has 0 radical (unpaired) electrons. The molecule has 1 atom stereocenters. The number of rotatable bonds is 10. The Morgan fingerprint density at radius 1 is 0.977 bits per heavy atom. The number of hydrogen-bond acceptors (Lipinski definition) is 5. The second-order valence-corrected chi connectivity index (χ2v) is 13.8. The van der Waals surface area contributed by atoms with Gasteiger partial charge in [0.1, 0.15) is 5.66 Å². The van der Waals surface area contributed by atoms with Crippen LogP contribution in [0.2, 0.25) is 0 Å². The average molecular weight is 606 g/mol. The number of alkyl halides is 3. The van der Waals surface area contributed by atoms with E-state index in [2.05, 4.69) is 59.0 Å². The van der Waals surface area contributed by atoms with E-state index in [1.165, 1.54) is 67.5 Å². The zero-order valence-corrected chi connectivity index (χ0v) is 26.7. The van der Waals surface area contributed by atoms with Crippen LogP contribution in [0.15, 0.2) is 18.2 Å². The molecule has 43 heavy (non-hydrogen) atoms. The molecule has 1 aromatic carbocycles. The Hall–Kier alpha value is -2.00. The Bertz CT molecular complexity index is 1060. The van der Waals surface area contributed by atoms with Crippen molar-refractivity contribution in [1.29, 1.82) is 0 Å². The number of carbonyl (C=O) groups is 1. The largest absolute Gasteiger partial charge is 0.401 e. The van der Waals surface area contributed by atoms with Gasteiger partial charge in [-0.3, -0.25) is 14.6 Å². The standard InChI is InChI=1S/C34H54F3N5O/c1-4-26-11-14-28(15-12-26)33(3)38-30-16-13-27(24-39-19-21-40(22-20-39)25-34(35,36)37)23-31(30)42(33)18-17-32(43)41(5-2)29-9-7-6-8-10-29/h13,16,23,26,28-29,38H,4-12,14-15,17-22,24-25H2,1-3H3/t26-,28-,33-/m1/s1. The maximum Gasteiger partial charge on any atom is 0.401 e. The Kier molecular flexibility index (Phi) is 10.5. The van der Waals surface area contributed by atoms with Gasteiger partial charge in [-0.1, -0.05) is 51.5 Å². The molecule has 0 bridgehead atoms. The number of hydrogen-bond donors (Lipinski definition) is 1. The number of nitrogens with zero attached hydrogens (tertiary/aromatic N) is 4. The second-order valence-electron chi connectivity index (χ2n) is 13.8. The van der Waals surface area contributed by atoms with Crippen molar-refractivity contribution in [2.24, 2.45) is 11.8 Å². The molecule has 0 unspecified atom stereocenters. The molecular weight excluding hydrogens is 551 g/mol. The first-order chi connectivity index (χ1) is 20.6. The SMILES string of the molecule is CCN(C(=O)CCN1c2cc(CN3CCN(CC(F)(F)F)CC3)ccc2N[C@@]1(C)[C@H]1CC[C@H](CC)CC1)C1CCCCC1. The summed E-state index contributed by atoms with van der Waals surface area (Å²) in [5, 5.41) is 3.93. The van der Waals surface area contributed by atoms with Crippen LogP contribution in [0.4, 0.5) is 24.5 Å². The minimum atomic E-state index is -4.15. The molecule has 1 amide bonds. The summed E-state index contributed by atoms with van der Waals surface area (Å²) >= 11 is 0. The van der Waals surface area contributed by atoms with Crippen LogP contribution in [-0.2, 0) is 11.3 Å². The fourth-order valence-electron chi connectivity index (χ4n) is 8.40. The average Bonchev–Trinajstić information content (AvgIpc) is 3.28. The van der Waals surface area contributed by atoms with Gasteiger partial charge in [-0.15, -0.1) is 0 Å². The Morgan fingerprint density at radius 2 is 1.65 bits per heavy atom. The van der Waals surface area contributed by atoms with Gasteiger partial charge in [0.05, 0.1) is 17.9 Å². The fraction of sp³-hybridized carbons (Fsp3) is 0.794. The quantitative estimate of drug-likeness (QED) is 0.308. The summed E-state index contributed by atoms with van der Waals surface area (Å²) in [7, 11) is 0. The van der Waals surface area contributed by atoms with E-state index < -0.39 is 12.7 Å². The fourth-order valence-corrected chi connectivity index (χ4v) is 8.40. The van der Waals surface area contributed by atoms with E-state index in [9.17, 15) is 18.0 Å². The van der Waals surface area contributed by atoms with E-state index in [1.54, 1.807) is 0 Å². The van der Waals surface area contributed by atoms with E-state index in [1.807, 2.05) is 0 Å². The molecular formula is C34H54F3N5O. The molecule has 0 aromatic heterocycles. The van der Waals surface area contributed by atoms with Gasteiger partial charge >= 0.3 is 6.18 Å². The number of piperazine rings is 1. The first-order valence-electron chi connectivity index (χ1n) is 17.1. The van der Waals surface area contributed by atoms with Crippen molar-refractivity contribution in [1.82, 2.24) is 14.7 Å². The number of nitrogens with one attached hydrogen (secondary N) is 1. The van der Waals surface area contributed by atoms with Gasteiger partial charge < -0.3 is 15.1 Å². The van der Waals surface area contributed by atoms with Crippen LogP contribution in [-0.4, -0.2) is 84.3 Å². The number of anilines is 2. The molecule has 0 spiro atoms. The Morgan fingerprint density at radius 3 is 2.28 bits per heavy atom. The lowest BCUT2D eigenvalue weighted by Crippen LogP contribution is -2.55. The molecule has 2 aliphatic carbocycles. The summed E-state index contributed by atoms with van der Waals surface area (Å²) in [6.07, 6.45) is 8.49. The summed E-state index contributed by atoms with van der Waals surface area (Å²) in [5.41, 5.74) is 3.23. The van der Waals surface area contributed by atoms with Crippen molar-refractivity contribution < 1.29 is 18.0 Å². The van der Waals surface area contributed by atoms with Gasteiger partial charge in [0.25, 0.3) is 0 Å². The van der Waals surface area contributed by atoms with E-state index in [-0.39, 0.29) is 11.6 Å². The van der Waals surface area contributed by atoms with Crippen LogP contribution < -0.4 is 10.2 Å². The lowest BCUT2D eigenvalue weighted by molar-refractivity contribution is -0.149. The maximum atomic E-state index is 13.7. The summed E-state index contributed by atoms with van der Waals surface area (Å²) in [6.45, 7) is 10.3. The summed E-state index contributed by atoms with van der Waals surface area (Å²) < 4.78 is 38.6. The Labute approximate surface area is 257 Å². The molecule has 2 saturated carbocycles. The van der Waals surface area contributed by atoms with Crippen molar-refractivity contribution in [3.05, 3.63) is 23.8 Å². The van der Waals surface area contributed by atoms with Crippen molar-refractivity contribution in [2.45, 2.75) is 116 Å². The summed E-state index contributed by atoms with van der Waals surface area (Å²) in [4.78, 5) is 22.1. The van der Waals surface area contributed by atoms with Crippen molar-refractivity contribution in [3.8, 4) is 0 Å². The molecule has 1 N–H and O–H groups in total. The third kappa shape index (κ3) is 7.81. The topological polar surface area (TPSA) is 42.1 Å². The lowest BCUT2D eigenvalue weighted by Gasteiger charge is -2.46. The van der Waals surface area contributed by atoms with Crippen molar-refractivity contribution >= 4 is 17.3 Å². The number of carbonyl (C=O) groups excluding carboxylic acids is 1. The van der Waals surface area contributed by atoms with Gasteiger partial charge in [0, 0.05) is 64.2 Å². The summed E-state index contributed by atoms with van der Waals surface area (Å²) in [5.74, 6) is 1.59. The molecule has 1 saturated heterocycles. The second kappa shape index (κ2) is 14.0. The van der Waals surface area contributed by atoms with Crippen LogP contribution in [0.25, 0.3) is 0 Å². The van der Waals surface area contributed by atoms with Crippen molar-refractivity contribution in [2.75, 3.05) is 56.0 Å². The molecule has 4 aliphatic rings. The molecule has 242 valence electrons.